The van der Waals surface area contributed by atoms with E-state index in [9.17, 15) is 0 Å². The lowest BCUT2D eigenvalue weighted by Crippen LogP contribution is -2.12. The Bertz CT molecular complexity index is 553. The number of fused-ring (bicyclic) bond motifs is 1. The van der Waals surface area contributed by atoms with Crippen molar-refractivity contribution in [1.29, 1.82) is 0 Å². The molecule has 90 valence electrons. The van der Waals surface area contributed by atoms with E-state index in [4.69, 9.17) is 4.74 Å². The van der Waals surface area contributed by atoms with E-state index in [0.717, 1.165) is 5.39 Å². The number of ether oxygens (including phenoxy) is 1. The van der Waals surface area contributed by atoms with Gasteiger partial charge in [0.15, 0.2) is 0 Å². The molecule has 0 aliphatic heterocycles. The first kappa shape index (κ1) is 11.9. The summed E-state index contributed by atoms with van der Waals surface area (Å²) in [5.41, 5.74) is 2.57. The van der Waals surface area contributed by atoms with Gasteiger partial charge in [0.25, 0.3) is 0 Å². The van der Waals surface area contributed by atoms with Crippen LogP contribution in [-0.2, 0) is 5.41 Å². The minimum atomic E-state index is 0.0901. The van der Waals surface area contributed by atoms with E-state index in [1.807, 2.05) is 6.20 Å². The van der Waals surface area contributed by atoms with Gasteiger partial charge in [-0.25, -0.2) is 4.98 Å². The van der Waals surface area contributed by atoms with Crippen LogP contribution in [0.5, 0.6) is 5.88 Å². The van der Waals surface area contributed by atoms with Crippen molar-refractivity contribution in [3.8, 4) is 5.88 Å². The number of methoxy groups -OCH3 is 1. The molecule has 2 nitrogen and oxygen atoms in total. The van der Waals surface area contributed by atoms with Gasteiger partial charge in [0.1, 0.15) is 0 Å². The summed E-state index contributed by atoms with van der Waals surface area (Å²) in [6, 6.07) is 6.43. The smallest absolute Gasteiger partial charge is 0.221 e. The van der Waals surface area contributed by atoms with Gasteiger partial charge in [-0.2, -0.15) is 0 Å². The molecule has 0 saturated heterocycles. The zero-order valence-electron chi connectivity index (χ0n) is 11.2. The van der Waals surface area contributed by atoms with Crippen molar-refractivity contribution < 1.29 is 4.74 Å². The lowest BCUT2D eigenvalue weighted by atomic mass is 9.85. The van der Waals surface area contributed by atoms with Crippen LogP contribution in [0.4, 0.5) is 0 Å². The van der Waals surface area contributed by atoms with Crippen LogP contribution < -0.4 is 4.74 Å². The van der Waals surface area contributed by atoms with Gasteiger partial charge in [-0.3, -0.25) is 0 Å². The first-order chi connectivity index (χ1) is 7.93. The number of nitrogens with zero attached hydrogens (tertiary/aromatic N) is 1. The number of aryl methyl sites for hydroxylation is 1. The summed E-state index contributed by atoms with van der Waals surface area (Å²) in [5.74, 6) is 0.705. The summed E-state index contributed by atoms with van der Waals surface area (Å²) in [6.45, 7) is 8.70. The van der Waals surface area contributed by atoms with E-state index in [2.05, 4.69) is 50.9 Å². The highest BCUT2D eigenvalue weighted by Crippen LogP contribution is 2.33. The lowest BCUT2D eigenvalue weighted by molar-refractivity contribution is 0.402. The van der Waals surface area contributed by atoms with E-state index in [-0.39, 0.29) is 5.41 Å². The van der Waals surface area contributed by atoms with Crippen LogP contribution >= 0.6 is 0 Å². The molecule has 1 aromatic heterocycles. The zero-order valence-corrected chi connectivity index (χ0v) is 11.2. The highest BCUT2D eigenvalue weighted by Gasteiger charge is 2.19. The van der Waals surface area contributed by atoms with Crippen LogP contribution in [-0.4, -0.2) is 12.1 Å². The van der Waals surface area contributed by atoms with Gasteiger partial charge in [0, 0.05) is 11.6 Å². The average molecular weight is 229 g/mol. The highest BCUT2D eigenvalue weighted by molar-refractivity contribution is 5.90. The summed E-state index contributed by atoms with van der Waals surface area (Å²) >= 11 is 0. The van der Waals surface area contributed by atoms with Crippen molar-refractivity contribution in [3.63, 3.8) is 0 Å². The van der Waals surface area contributed by atoms with Crippen LogP contribution in [0, 0.1) is 6.92 Å². The molecule has 0 aliphatic carbocycles. The third-order valence-corrected chi connectivity index (χ3v) is 3.01. The monoisotopic (exact) mass is 229 g/mol. The number of rotatable bonds is 1. The molecule has 0 aliphatic rings. The Labute approximate surface area is 103 Å². The molecule has 0 spiro atoms. The van der Waals surface area contributed by atoms with Gasteiger partial charge in [-0.1, -0.05) is 38.5 Å². The molecule has 0 radical (unpaired) electrons. The number of pyridine rings is 1. The van der Waals surface area contributed by atoms with E-state index in [1.165, 1.54) is 16.5 Å². The van der Waals surface area contributed by atoms with Crippen molar-refractivity contribution in [2.24, 2.45) is 0 Å². The molecule has 0 bridgehead atoms. The predicted molar refractivity (Wildman–Crippen MR) is 71.7 cm³/mol. The quantitative estimate of drug-likeness (QED) is 0.741. The Morgan fingerprint density at radius 2 is 1.82 bits per heavy atom. The first-order valence-electron chi connectivity index (χ1n) is 5.87. The highest BCUT2D eigenvalue weighted by atomic mass is 16.5. The van der Waals surface area contributed by atoms with Crippen molar-refractivity contribution in [2.45, 2.75) is 33.1 Å². The van der Waals surface area contributed by atoms with Crippen LogP contribution in [0.2, 0.25) is 0 Å². The predicted octanol–water partition coefficient (Wildman–Crippen LogP) is 3.85. The Morgan fingerprint density at radius 1 is 1.12 bits per heavy atom. The summed E-state index contributed by atoms with van der Waals surface area (Å²) < 4.78 is 5.34. The molecule has 2 rings (SSSR count). The Balaban J connectivity index is 2.83. The molecule has 1 aromatic carbocycles. The van der Waals surface area contributed by atoms with Gasteiger partial charge in [-0.15, -0.1) is 0 Å². The number of aromatic nitrogens is 1. The summed E-state index contributed by atoms with van der Waals surface area (Å²) in [4.78, 5) is 4.41. The largest absolute Gasteiger partial charge is 0.481 e. The van der Waals surface area contributed by atoms with Crippen molar-refractivity contribution in [1.82, 2.24) is 4.98 Å². The maximum absolute atomic E-state index is 5.34. The number of hydrogen-bond acceptors (Lipinski definition) is 2. The first-order valence-corrected chi connectivity index (χ1v) is 5.87. The second kappa shape index (κ2) is 4.02. The van der Waals surface area contributed by atoms with Gasteiger partial charge in [0.2, 0.25) is 5.88 Å². The Hall–Kier alpha value is -1.57. The fraction of sp³-hybridized carbons (Fsp3) is 0.400. The minimum absolute atomic E-state index is 0.0901. The summed E-state index contributed by atoms with van der Waals surface area (Å²) in [6.07, 6.45) is 1.93. The molecule has 17 heavy (non-hydrogen) atoms. The summed E-state index contributed by atoms with van der Waals surface area (Å²) in [5, 5.41) is 2.33. The molecular weight excluding hydrogens is 210 g/mol. The molecule has 0 amide bonds. The molecular formula is C15H19NO. The second-order valence-corrected chi connectivity index (χ2v) is 5.48. The topological polar surface area (TPSA) is 22.1 Å². The van der Waals surface area contributed by atoms with E-state index < -0.39 is 0 Å². The van der Waals surface area contributed by atoms with Crippen LogP contribution in [0.1, 0.15) is 31.9 Å². The zero-order chi connectivity index (χ0) is 12.6. The Morgan fingerprint density at radius 3 is 2.41 bits per heavy atom. The maximum Gasteiger partial charge on any atom is 0.221 e. The van der Waals surface area contributed by atoms with E-state index in [1.54, 1.807) is 7.11 Å². The van der Waals surface area contributed by atoms with E-state index >= 15 is 0 Å². The van der Waals surface area contributed by atoms with E-state index in [0.29, 0.717) is 5.88 Å². The molecule has 0 fully saturated rings. The van der Waals surface area contributed by atoms with Crippen LogP contribution in [0.25, 0.3) is 10.8 Å². The van der Waals surface area contributed by atoms with Crippen molar-refractivity contribution >= 4 is 10.8 Å². The molecule has 2 heteroatoms. The molecule has 1 heterocycles. The third-order valence-electron chi connectivity index (χ3n) is 3.01. The second-order valence-electron chi connectivity index (χ2n) is 5.48. The molecule has 0 atom stereocenters. The normalized spacial score (nSPS) is 11.8. The fourth-order valence-corrected chi connectivity index (χ4v) is 2.09. The standard InChI is InChI=1S/C15H19NO/c1-10-6-7-11-12(8-10)14(17-5)16-9-13(11)15(2,3)4/h6-9H,1-5H3. The molecule has 0 saturated carbocycles. The number of benzene rings is 1. The van der Waals surface area contributed by atoms with Gasteiger partial charge < -0.3 is 4.74 Å². The number of hydrogen-bond donors (Lipinski definition) is 0. The third kappa shape index (κ3) is 2.12. The van der Waals surface area contributed by atoms with Crippen molar-refractivity contribution in [2.75, 3.05) is 7.11 Å². The maximum atomic E-state index is 5.34. The van der Waals surface area contributed by atoms with Crippen LogP contribution in [0.3, 0.4) is 0 Å². The van der Waals surface area contributed by atoms with Gasteiger partial charge in [-0.05, 0) is 29.4 Å². The SMILES string of the molecule is COc1ncc(C(C)(C)C)c2ccc(C)cc12. The minimum Gasteiger partial charge on any atom is -0.481 e. The Kier molecular flexibility index (Phi) is 2.82. The van der Waals surface area contributed by atoms with Gasteiger partial charge >= 0.3 is 0 Å². The average Bonchev–Trinajstić information content (AvgIpc) is 2.26. The van der Waals surface area contributed by atoms with Crippen LogP contribution in [0.15, 0.2) is 24.4 Å². The van der Waals surface area contributed by atoms with Crippen molar-refractivity contribution in [3.05, 3.63) is 35.5 Å². The summed E-state index contributed by atoms with van der Waals surface area (Å²) in [7, 11) is 1.67. The molecule has 2 aromatic rings. The van der Waals surface area contributed by atoms with Gasteiger partial charge in [0.05, 0.1) is 7.11 Å². The fourth-order valence-electron chi connectivity index (χ4n) is 2.09. The lowest BCUT2D eigenvalue weighted by Gasteiger charge is -2.21. The molecule has 0 N–H and O–H groups in total. The molecule has 0 unspecified atom stereocenters.